The van der Waals surface area contributed by atoms with Gasteiger partial charge in [0.05, 0.1) is 12.0 Å². The fourth-order valence-corrected chi connectivity index (χ4v) is 2.40. The van der Waals surface area contributed by atoms with E-state index in [9.17, 15) is 9.59 Å². The van der Waals surface area contributed by atoms with E-state index in [1.54, 1.807) is 7.11 Å². The van der Waals surface area contributed by atoms with Crippen LogP contribution in [-0.4, -0.2) is 36.2 Å². The van der Waals surface area contributed by atoms with Crippen molar-refractivity contribution in [3.63, 3.8) is 0 Å². The van der Waals surface area contributed by atoms with Gasteiger partial charge in [-0.15, -0.1) is 0 Å². The zero-order valence-electron chi connectivity index (χ0n) is 14.1. The molecule has 5 nitrogen and oxygen atoms in total. The van der Waals surface area contributed by atoms with E-state index in [4.69, 9.17) is 9.47 Å². The highest BCUT2D eigenvalue weighted by molar-refractivity contribution is 5.85. The van der Waals surface area contributed by atoms with Crippen molar-refractivity contribution in [3.8, 4) is 0 Å². The summed E-state index contributed by atoms with van der Waals surface area (Å²) in [6, 6.07) is -0.620. The number of rotatable bonds is 6. The normalized spacial score (nSPS) is 18.8. The highest BCUT2D eigenvalue weighted by Crippen LogP contribution is 2.37. The standard InChI is InChI=1S/C16H29NO4/c1-11(2)13(14(19)21-15(3,4)5)17-12(18)10-16(20-6)8-7-9-16/h11,13H,7-10H2,1-6H3,(H,17,18)/t13-/m0/s1. The molecule has 5 heteroatoms. The molecule has 1 rings (SSSR count). The zero-order chi connectivity index (χ0) is 16.3. The Morgan fingerprint density at radius 2 is 1.81 bits per heavy atom. The number of hydrogen-bond acceptors (Lipinski definition) is 4. The SMILES string of the molecule is COC1(CC(=O)N[C@H](C(=O)OC(C)(C)C)C(C)C)CCC1. The van der Waals surface area contributed by atoms with Gasteiger partial charge in [0.15, 0.2) is 0 Å². The number of ether oxygens (including phenoxy) is 2. The second kappa shape index (κ2) is 6.77. The van der Waals surface area contributed by atoms with Gasteiger partial charge >= 0.3 is 5.97 Å². The van der Waals surface area contributed by atoms with Crippen molar-refractivity contribution in [2.45, 2.75) is 77.5 Å². The lowest BCUT2D eigenvalue weighted by molar-refractivity contribution is -0.160. The maximum Gasteiger partial charge on any atom is 0.329 e. The van der Waals surface area contributed by atoms with Gasteiger partial charge < -0.3 is 14.8 Å². The summed E-state index contributed by atoms with van der Waals surface area (Å²) < 4.78 is 10.8. The molecule has 0 bridgehead atoms. The van der Waals surface area contributed by atoms with E-state index in [0.717, 1.165) is 19.3 Å². The topological polar surface area (TPSA) is 64.6 Å². The third-order valence-electron chi connectivity index (χ3n) is 3.82. The van der Waals surface area contributed by atoms with Crippen LogP contribution in [0.3, 0.4) is 0 Å². The lowest BCUT2D eigenvalue weighted by atomic mass is 9.77. The minimum absolute atomic E-state index is 0.0244. The van der Waals surface area contributed by atoms with Crippen LogP contribution in [0.4, 0.5) is 0 Å². The first-order valence-corrected chi connectivity index (χ1v) is 7.66. The van der Waals surface area contributed by atoms with Gasteiger partial charge in [0.1, 0.15) is 11.6 Å². The largest absolute Gasteiger partial charge is 0.458 e. The molecule has 0 radical (unpaired) electrons. The summed E-state index contributed by atoms with van der Waals surface area (Å²) in [6.07, 6.45) is 3.18. The Morgan fingerprint density at radius 3 is 2.14 bits per heavy atom. The molecule has 0 spiro atoms. The lowest BCUT2D eigenvalue weighted by Crippen LogP contribution is -2.50. The molecule has 1 N–H and O–H groups in total. The van der Waals surface area contributed by atoms with Crippen molar-refractivity contribution < 1.29 is 19.1 Å². The maximum atomic E-state index is 12.2. The van der Waals surface area contributed by atoms with Gasteiger partial charge in [-0.2, -0.15) is 0 Å². The van der Waals surface area contributed by atoms with Gasteiger partial charge in [-0.3, -0.25) is 4.79 Å². The molecule has 1 aliphatic rings. The van der Waals surface area contributed by atoms with Gasteiger partial charge in [0.2, 0.25) is 5.91 Å². The van der Waals surface area contributed by atoms with Gasteiger partial charge in [-0.25, -0.2) is 4.79 Å². The molecule has 0 aromatic carbocycles. The zero-order valence-corrected chi connectivity index (χ0v) is 14.1. The van der Waals surface area contributed by atoms with Crippen LogP contribution in [0.1, 0.15) is 60.3 Å². The summed E-state index contributed by atoms with van der Waals surface area (Å²) in [5, 5.41) is 2.80. The van der Waals surface area contributed by atoms with E-state index in [1.165, 1.54) is 0 Å². The van der Waals surface area contributed by atoms with Crippen LogP contribution in [0.5, 0.6) is 0 Å². The van der Waals surface area contributed by atoms with Crippen LogP contribution in [-0.2, 0) is 19.1 Å². The van der Waals surface area contributed by atoms with Crippen LogP contribution in [0.15, 0.2) is 0 Å². The van der Waals surface area contributed by atoms with Gasteiger partial charge in [0, 0.05) is 7.11 Å². The second-order valence-corrected chi connectivity index (χ2v) is 7.24. The molecule has 0 heterocycles. The monoisotopic (exact) mass is 299 g/mol. The molecule has 1 saturated carbocycles. The Hall–Kier alpha value is -1.10. The van der Waals surface area contributed by atoms with E-state index < -0.39 is 11.6 Å². The molecule has 0 unspecified atom stereocenters. The van der Waals surface area contributed by atoms with Gasteiger partial charge in [-0.1, -0.05) is 13.8 Å². The Kier molecular flexibility index (Phi) is 5.79. The van der Waals surface area contributed by atoms with Crippen LogP contribution in [0.2, 0.25) is 0 Å². The van der Waals surface area contributed by atoms with Crippen molar-refractivity contribution in [3.05, 3.63) is 0 Å². The fourth-order valence-electron chi connectivity index (χ4n) is 2.40. The predicted octanol–water partition coefficient (Wildman–Crippen LogP) is 2.43. The van der Waals surface area contributed by atoms with Gasteiger partial charge in [0.25, 0.3) is 0 Å². The van der Waals surface area contributed by atoms with Crippen molar-refractivity contribution in [1.29, 1.82) is 0 Å². The van der Waals surface area contributed by atoms with E-state index in [2.05, 4.69) is 5.32 Å². The van der Waals surface area contributed by atoms with E-state index in [-0.39, 0.29) is 23.4 Å². The molecular weight excluding hydrogens is 270 g/mol. The number of amides is 1. The maximum absolute atomic E-state index is 12.2. The van der Waals surface area contributed by atoms with E-state index >= 15 is 0 Å². The molecule has 21 heavy (non-hydrogen) atoms. The van der Waals surface area contributed by atoms with Crippen molar-refractivity contribution in [2.24, 2.45) is 5.92 Å². The first kappa shape index (κ1) is 18.0. The molecule has 1 amide bonds. The first-order valence-electron chi connectivity index (χ1n) is 7.66. The van der Waals surface area contributed by atoms with Crippen molar-refractivity contribution >= 4 is 11.9 Å². The molecule has 0 aromatic heterocycles. The second-order valence-electron chi connectivity index (χ2n) is 7.24. The number of methoxy groups -OCH3 is 1. The molecule has 0 aromatic rings. The van der Waals surface area contributed by atoms with E-state index in [0.29, 0.717) is 6.42 Å². The lowest BCUT2D eigenvalue weighted by Gasteiger charge is -2.40. The number of nitrogens with one attached hydrogen (secondary N) is 1. The smallest absolute Gasteiger partial charge is 0.329 e. The molecular formula is C16H29NO4. The Balaban J connectivity index is 2.61. The number of carbonyl (C=O) groups excluding carboxylic acids is 2. The summed E-state index contributed by atoms with van der Waals surface area (Å²) in [5.41, 5.74) is -0.893. The summed E-state index contributed by atoms with van der Waals surface area (Å²) in [6.45, 7) is 9.24. The van der Waals surface area contributed by atoms with Crippen LogP contribution in [0, 0.1) is 5.92 Å². The summed E-state index contributed by atoms with van der Waals surface area (Å²) in [7, 11) is 1.64. The molecule has 1 atom stereocenters. The molecule has 1 aliphatic carbocycles. The number of esters is 1. The molecule has 1 fully saturated rings. The number of hydrogen-bond donors (Lipinski definition) is 1. The highest BCUT2D eigenvalue weighted by atomic mass is 16.6. The van der Waals surface area contributed by atoms with Crippen molar-refractivity contribution in [2.75, 3.05) is 7.11 Å². The minimum Gasteiger partial charge on any atom is -0.458 e. The average molecular weight is 299 g/mol. The third-order valence-corrected chi connectivity index (χ3v) is 3.82. The summed E-state index contributed by atoms with van der Waals surface area (Å²) in [4.78, 5) is 24.4. The fraction of sp³-hybridized carbons (Fsp3) is 0.875. The van der Waals surface area contributed by atoms with Crippen molar-refractivity contribution in [1.82, 2.24) is 5.32 Å². The Labute approximate surface area is 127 Å². The summed E-state index contributed by atoms with van der Waals surface area (Å²) in [5.74, 6) is -0.560. The first-order chi connectivity index (χ1) is 9.58. The average Bonchev–Trinajstić information content (AvgIpc) is 2.28. The molecule has 0 saturated heterocycles. The van der Waals surface area contributed by atoms with Crippen LogP contribution >= 0.6 is 0 Å². The summed E-state index contributed by atoms with van der Waals surface area (Å²) >= 11 is 0. The molecule has 122 valence electrons. The predicted molar refractivity (Wildman–Crippen MR) is 80.8 cm³/mol. The third kappa shape index (κ3) is 5.30. The van der Waals surface area contributed by atoms with Crippen LogP contribution < -0.4 is 5.32 Å². The Morgan fingerprint density at radius 1 is 1.24 bits per heavy atom. The quantitative estimate of drug-likeness (QED) is 0.765. The Bertz CT molecular complexity index is 375. The molecule has 0 aliphatic heterocycles. The minimum atomic E-state index is -0.620. The van der Waals surface area contributed by atoms with E-state index in [1.807, 2.05) is 34.6 Å². The van der Waals surface area contributed by atoms with Crippen LogP contribution in [0.25, 0.3) is 0 Å². The number of carbonyl (C=O) groups is 2. The highest BCUT2D eigenvalue weighted by Gasteiger charge is 2.40. The van der Waals surface area contributed by atoms with Gasteiger partial charge in [-0.05, 0) is 46.0 Å².